The Morgan fingerprint density at radius 1 is 1.20 bits per heavy atom. The topological polar surface area (TPSA) is 36.9 Å². The van der Waals surface area contributed by atoms with E-state index >= 15 is 0 Å². The van der Waals surface area contributed by atoms with Crippen LogP contribution in [0.15, 0.2) is 60.7 Å². The van der Waals surface area contributed by atoms with Gasteiger partial charge in [0.15, 0.2) is 6.54 Å². The number of nitrogens with zero attached hydrogens (tertiary/aromatic N) is 1. The Labute approximate surface area is 154 Å². The van der Waals surface area contributed by atoms with Gasteiger partial charge in [-0.2, -0.15) is 0 Å². The van der Waals surface area contributed by atoms with Crippen molar-refractivity contribution in [1.29, 1.82) is 0 Å². The highest BCUT2D eigenvalue weighted by atomic mass is 35.5. The second-order valence-corrected chi connectivity index (χ2v) is 6.91. The summed E-state index contributed by atoms with van der Waals surface area (Å²) in [6.45, 7) is 4.05. The maximum atomic E-state index is 12.5. The third-order valence-electron chi connectivity index (χ3n) is 4.73. The molecule has 0 aromatic heterocycles. The first-order chi connectivity index (χ1) is 12.1. The summed E-state index contributed by atoms with van der Waals surface area (Å²) >= 11 is 6.04. The minimum absolute atomic E-state index is 0.192. The van der Waals surface area contributed by atoms with Crippen LogP contribution in [0.1, 0.15) is 30.5 Å². The van der Waals surface area contributed by atoms with Gasteiger partial charge in [0.1, 0.15) is 6.04 Å². The first-order valence-corrected chi connectivity index (χ1v) is 9.12. The summed E-state index contributed by atoms with van der Waals surface area (Å²) in [4.78, 5) is 14.4. The van der Waals surface area contributed by atoms with Crippen molar-refractivity contribution in [2.75, 3.05) is 19.6 Å². The van der Waals surface area contributed by atoms with E-state index in [1.807, 2.05) is 35.2 Å². The molecule has 3 nitrogen and oxygen atoms in total. The fourth-order valence-electron chi connectivity index (χ4n) is 3.14. The monoisotopic (exact) mass is 355 g/mol. The molecule has 2 aromatic rings. The van der Waals surface area contributed by atoms with Crippen molar-refractivity contribution in [1.82, 2.24) is 4.90 Å². The average Bonchev–Trinajstić information content (AvgIpc) is 2.66. The molecule has 2 N–H and O–H groups in total. The van der Waals surface area contributed by atoms with Crippen molar-refractivity contribution in [3.63, 3.8) is 0 Å². The Hall–Kier alpha value is -2.10. The summed E-state index contributed by atoms with van der Waals surface area (Å²) in [5.74, 6) is 0.192. The van der Waals surface area contributed by atoms with Crippen molar-refractivity contribution in [3.8, 4) is 0 Å². The van der Waals surface area contributed by atoms with Gasteiger partial charge < -0.3 is 10.2 Å². The third-order valence-corrected chi connectivity index (χ3v) is 4.96. The van der Waals surface area contributed by atoms with Crippen LogP contribution in [0.25, 0.3) is 5.57 Å². The van der Waals surface area contributed by atoms with E-state index in [2.05, 4.69) is 42.6 Å². The minimum atomic E-state index is 0.192. The quantitative estimate of drug-likeness (QED) is 0.878. The standard InChI is InChI=1S/C21H23ClN2O/c1-16(19-8-5-9-20(22)14-19)23-15-21(25)24-12-10-18(11-13-24)17-6-3-2-4-7-17/h2-10,14,16,23H,11-13,15H2,1H3/p+1/t16-/m1/s1. The van der Waals surface area contributed by atoms with Crippen LogP contribution in [0.2, 0.25) is 5.02 Å². The van der Waals surface area contributed by atoms with Crippen molar-refractivity contribution in [2.45, 2.75) is 19.4 Å². The Kier molecular flexibility index (Phi) is 5.90. The summed E-state index contributed by atoms with van der Waals surface area (Å²) in [5, 5.41) is 2.81. The number of halogens is 1. The van der Waals surface area contributed by atoms with Gasteiger partial charge in [0.2, 0.25) is 0 Å². The Bertz CT molecular complexity index is 758. The molecule has 0 saturated carbocycles. The lowest BCUT2D eigenvalue weighted by atomic mass is 9.99. The normalized spacial score (nSPS) is 15.6. The summed E-state index contributed by atoms with van der Waals surface area (Å²) in [6.07, 6.45) is 3.09. The van der Waals surface area contributed by atoms with Gasteiger partial charge in [-0.3, -0.25) is 4.79 Å². The van der Waals surface area contributed by atoms with Crippen molar-refractivity contribution < 1.29 is 10.1 Å². The molecular formula is C21H24ClN2O+. The Morgan fingerprint density at radius 3 is 2.68 bits per heavy atom. The van der Waals surface area contributed by atoms with Crippen LogP contribution in [0, 0.1) is 0 Å². The van der Waals surface area contributed by atoms with E-state index in [0.29, 0.717) is 13.1 Å². The summed E-state index contributed by atoms with van der Waals surface area (Å²) in [5.41, 5.74) is 3.74. The zero-order chi connectivity index (χ0) is 17.6. The van der Waals surface area contributed by atoms with Gasteiger partial charge >= 0.3 is 0 Å². The molecule has 1 atom stereocenters. The molecule has 1 aliphatic rings. The molecule has 0 fully saturated rings. The average molecular weight is 356 g/mol. The van der Waals surface area contributed by atoms with E-state index in [1.54, 1.807) is 0 Å². The largest absolute Gasteiger partial charge is 0.334 e. The van der Waals surface area contributed by atoms with Crippen molar-refractivity contribution in [3.05, 3.63) is 76.8 Å². The SMILES string of the molecule is C[C@@H]([NH2+]CC(=O)N1CC=C(c2ccccc2)CC1)c1cccc(Cl)c1. The predicted molar refractivity (Wildman–Crippen MR) is 102 cm³/mol. The predicted octanol–water partition coefficient (Wildman–Crippen LogP) is 3.28. The molecule has 0 spiro atoms. The highest BCUT2D eigenvalue weighted by Crippen LogP contribution is 2.21. The van der Waals surface area contributed by atoms with Crippen LogP contribution in [0.5, 0.6) is 0 Å². The van der Waals surface area contributed by atoms with Gasteiger partial charge in [0.05, 0.1) is 0 Å². The van der Waals surface area contributed by atoms with Crippen LogP contribution in [-0.2, 0) is 4.79 Å². The zero-order valence-electron chi connectivity index (χ0n) is 14.5. The molecule has 0 bridgehead atoms. The third kappa shape index (κ3) is 4.71. The van der Waals surface area contributed by atoms with Crippen LogP contribution in [0.3, 0.4) is 0 Å². The minimum Gasteiger partial charge on any atom is -0.334 e. The maximum Gasteiger partial charge on any atom is 0.277 e. The smallest absolute Gasteiger partial charge is 0.277 e. The maximum absolute atomic E-state index is 12.5. The van der Waals surface area contributed by atoms with Gasteiger partial charge in [-0.25, -0.2) is 0 Å². The molecule has 1 amide bonds. The van der Waals surface area contributed by atoms with E-state index < -0.39 is 0 Å². The van der Waals surface area contributed by atoms with E-state index in [0.717, 1.165) is 23.6 Å². The molecule has 130 valence electrons. The number of nitrogens with two attached hydrogens (primary N) is 1. The number of carbonyl (C=O) groups is 1. The lowest BCUT2D eigenvalue weighted by Crippen LogP contribution is -2.87. The number of benzene rings is 2. The van der Waals surface area contributed by atoms with Crippen molar-refractivity contribution >= 4 is 23.1 Å². The number of hydrogen-bond donors (Lipinski definition) is 1. The second kappa shape index (κ2) is 8.32. The molecule has 0 unspecified atom stereocenters. The second-order valence-electron chi connectivity index (χ2n) is 6.47. The fourth-order valence-corrected chi connectivity index (χ4v) is 3.34. The molecule has 1 aliphatic heterocycles. The van der Waals surface area contributed by atoms with Gasteiger partial charge in [0.25, 0.3) is 5.91 Å². The van der Waals surface area contributed by atoms with Crippen LogP contribution >= 0.6 is 11.6 Å². The molecule has 0 aliphatic carbocycles. The zero-order valence-corrected chi connectivity index (χ0v) is 15.2. The molecule has 25 heavy (non-hydrogen) atoms. The molecular weight excluding hydrogens is 332 g/mol. The summed E-state index contributed by atoms with van der Waals surface area (Å²) < 4.78 is 0. The molecule has 3 rings (SSSR count). The number of rotatable bonds is 5. The lowest BCUT2D eigenvalue weighted by molar-refractivity contribution is -0.683. The molecule has 2 aromatic carbocycles. The Morgan fingerprint density at radius 2 is 2.00 bits per heavy atom. The van der Waals surface area contributed by atoms with Gasteiger partial charge in [-0.05, 0) is 36.6 Å². The molecule has 4 heteroatoms. The number of quaternary nitrogens is 1. The van der Waals surface area contributed by atoms with Gasteiger partial charge in [-0.1, -0.05) is 60.1 Å². The summed E-state index contributed by atoms with van der Waals surface area (Å²) in [7, 11) is 0. The lowest BCUT2D eigenvalue weighted by Gasteiger charge is -2.26. The van der Waals surface area contributed by atoms with Crippen LogP contribution < -0.4 is 5.32 Å². The molecule has 1 heterocycles. The van der Waals surface area contributed by atoms with E-state index in [4.69, 9.17) is 11.6 Å². The van der Waals surface area contributed by atoms with E-state index in [-0.39, 0.29) is 11.9 Å². The molecule has 0 radical (unpaired) electrons. The van der Waals surface area contributed by atoms with Gasteiger partial charge in [0, 0.05) is 23.7 Å². The number of carbonyl (C=O) groups excluding carboxylic acids is 1. The number of hydrogen-bond acceptors (Lipinski definition) is 1. The number of amides is 1. The fraction of sp³-hybridized carbons (Fsp3) is 0.286. The highest BCUT2D eigenvalue weighted by molar-refractivity contribution is 6.30. The van der Waals surface area contributed by atoms with E-state index in [9.17, 15) is 4.79 Å². The van der Waals surface area contributed by atoms with Crippen molar-refractivity contribution in [2.24, 2.45) is 0 Å². The molecule has 0 saturated heterocycles. The highest BCUT2D eigenvalue weighted by Gasteiger charge is 2.20. The van der Waals surface area contributed by atoms with Crippen LogP contribution in [-0.4, -0.2) is 30.4 Å². The Balaban J connectivity index is 1.52. The first kappa shape index (κ1) is 17.7. The van der Waals surface area contributed by atoms with Crippen LogP contribution in [0.4, 0.5) is 0 Å². The first-order valence-electron chi connectivity index (χ1n) is 8.74. The van der Waals surface area contributed by atoms with Gasteiger partial charge in [-0.15, -0.1) is 0 Å². The summed E-state index contributed by atoms with van der Waals surface area (Å²) in [6, 6.07) is 18.4. The van der Waals surface area contributed by atoms with E-state index in [1.165, 1.54) is 11.1 Å².